The lowest BCUT2D eigenvalue weighted by atomic mass is 9.72. The molecule has 58 heavy (non-hydrogen) atoms. The molecule has 0 unspecified atom stereocenters. The van der Waals surface area contributed by atoms with E-state index in [1.165, 1.54) is 54.1 Å². The molecule has 1 aliphatic heterocycles. The molecule has 2 atom stereocenters. The summed E-state index contributed by atoms with van der Waals surface area (Å²) in [5.41, 5.74) is 4.43. The summed E-state index contributed by atoms with van der Waals surface area (Å²) in [5, 5.41) is 7.31. The first kappa shape index (κ1) is 41.7. The van der Waals surface area contributed by atoms with Gasteiger partial charge in [0.15, 0.2) is 0 Å². The van der Waals surface area contributed by atoms with Gasteiger partial charge in [-0.1, -0.05) is 165 Å². The summed E-state index contributed by atoms with van der Waals surface area (Å²) in [7, 11) is -2.25. The summed E-state index contributed by atoms with van der Waals surface area (Å²) in [5.74, 6) is 3.75. The van der Waals surface area contributed by atoms with Crippen molar-refractivity contribution in [3.63, 3.8) is 0 Å². The zero-order chi connectivity index (χ0) is 41.6. The van der Waals surface area contributed by atoms with E-state index in [-0.39, 0.29) is 23.0 Å². The standard InChI is InChI=1S/C53H60O3P2/c1-35(2)54-43-27-19-21-29-45(43)57(39-23-15-13-16-24-39)47-33-37(51(5,6)7)31-41-49(47)56-50-42(53(41,11)12)32-38(52(8,9)10)34-48(50)58(40-25-17-14-18-26-40)46-30-22-20-28-44(46)55-36(3)4/h13-36H,1-12H3/t57-,58-/m0/s1. The largest absolute Gasteiger partial charge is 0.490 e. The number of hydrogen-bond donors (Lipinski definition) is 0. The molecule has 6 aromatic carbocycles. The van der Waals surface area contributed by atoms with Crippen molar-refractivity contribution in [3.05, 3.63) is 156 Å². The monoisotopic (exact) mass is 806 g/mol. The Morgan fingerprint density at radius 1 is 0.466 bits per heavy atom. The molecule has 0 fully saturated rings. The predicted molar refractivity (Wildman–Crippen MR) is 251 cm³/mol. The van der Waals surface area contributed by atoms with E-state index in [2.05, 4.69) is 217 Å². The van der Waals surface area contributed by atoms with Gasteiger partial charge in [-0.05, 0) is 100 Å². The first-order chi connectivity index (χ1) is 27.4. The van der Waals surface area contributed by atoms with Gasteiger partial charge in [0.2, 0.25) is 0 Å². The van der Waals surface area contributed by atoms with Crippen LogP contribution in [0.5, 0.6) is 23.0 Å². The number of hydrogen-bond acceptors (Lipinski definition) is 3. The molecule has 3 nitrogen and oxygen atoms in total. The molecule has 0 N–H and O–H groups in total. The van der Waals surface area contributed by atoms with E-state index in [1.54, 1.807) is 0 Å². The van der Waals surface area contributed by atoms with Crippen LogP contribution in [0.15, 0.2) is 133 Å². The fourth-order valence-electron chi connectivity index (χ4n) is 7.78. The Balaban J connectivity index is 1.59. The predicted octanol–water partition coefficient (Wildman–Crippen LogP) is 11.8. The fourth-order valence-corrected chi connectivity index (χ4v) is 12.8. The van der Waals surface area contributed by atoms with Gasteiger partial charge >= 0.3 is 0 Å². The Kier molecular flexibility index (Phi) is 11.7. The highest BCUT2D eigenvalue weighted by Gasteiger charge is 2.42. The molecule has 0 spiro atoms. The Morgan fingerprint density at radius 3 is 1.16 bits per heavy atom. The Morgan fingerprint density at radius 2 is 0.810 bits per heavy atom. The van der Waals surface area contributed by atoms with Crippen molar-refractivity contribution < 1.29 is 14.2 Å². The molecule has 0 amide bonds. The zero-order valence-corrected chi connectivity index (χ0v) is 38.3. The van der Waals surface area contributed by atoms with E-state index < -0.39 is 21.3 Å². The van der Waals surface area contributed by atoms with Crippen molar-refractivity contribution in [1.82, 2.24) is 0 Å². The van der Waals surface area contributed by atoms with E-state index in [9.17, 15) is 0 Å². The van der Waals surface area contributed by atoms with Crippen LogP contribution in [0.2, 0.25) is 0 Å². The van der Waals surface area contributed by atoms with Gasteiger partial charge in [0.25, 0.3) is 0 Å². The van der Waals surface area contributed by atoms with Gasteiger partial charge in [-0.25, -0.2) is 0 Å². The van der Waals surface area contributed by atoms with Crippen LogP contribution in [-0.2, 0) is 16.2 Å². The molecule has 300 valence electrons. The van der Waals surface area contributed by atoms with Gasteiger partial charge in [0.05, 0.1) is 12.2 Å². The van der Waals surface area contributed by atoms with Crippen LogP contribution in [0.25, 0.3) is 0 Å². The fraction of sp³-hybridized carbons (Fsp3) is 0.321. The highest BCUT2D eigenvalue weighted by atomic mass is 31.1. The van der Waals surface area contributed by atoms with Crippen LogP contribution in [-0.4, -0.2) is 12.2 Å². The molecule has 1 heterocycles. The molecular weight excluding hydrogens is 747 g/mol. The molecule has 0 saturated carbocycles. The summed E-state index contributed by atoms with van der Waals surface area (Å²) in [4.78, 5) is 0. The third-order valence-electron chi connectivity index (χ3n) is 10.9. The van der Waals surface area contributed by atoms with E-state index in [0.29, 0.717) is 0 Å². The van der Waals surface area contributed by atoms with Crippen LogP contribution in [0, 0.1) is 0 Å². The summed E-state index contributed by atoms with van der Waals surface area (Å²) >= 11 is 0. The van der Waals surface area contributed by atoms with Crippen molar-refractivity contribution in [2.24, 2.45) is 0 Å². The maximum absolute atomic E-state index is 7.75. The minimum absolute atomic E-state index is 0.0324. The van der Waals surface area contributed by atoms with E-state index in [4.69, 9.17) is 14.2 Å². The Bertz CT molecular complexity index is 2220. The lowest BCUT2D eigenvalue weighted by Crippen LogP contribution is -2.35. The minimum atomic E-state index is -1.12. The first-order valence-corrected chi connectivity index (χ1v) is 23.4. The summed E-state index contributed by atoms with van der Waals surface area (Å²) in [6.45, 7) is 27.2. The topological polar surface area (TPSA) is 27.7 Å². The Labute approximate surface area is 350 Å². The van der Waals surface area contributed by atoms with Crippen molar-refractivity contribution in [3.8, 4) is 23.0 Å². The molecule has 0 aliphatic carbocycles. The van der Waals surface area contributed by atoms with Crippen LogP contribution in [0.1, 0.15) is 105 Å². The summed E-state index contributed by atoms with van der Waals surface area (Å²) in [6.07, 6.45) is 0.0648. The zero-order valence-electron chi connectivity index (χ0n) is 36.5. The molecule has 0 radical (unpaired) electrons. The van der Waals surface area contributed by atoms with Crippen LogP contribution in [0.3, 0.4) is 0 Å². The lowest BCUT2D eigenvalue weighted by molar-refractivity contribution is 0.244. The highest BCUT2D eigenvalue weighted by Crippen LogP contribution is 2.55. The number of para-hydroxylation sites is 2. The third kappa shape index (κ3) is 8.37. The van der Waals surface area contributed by atoms with Crippen molar-refractivity contribution in [2.45, 2.75) is 112 Å². The van der Waals surface area contributed by atoms with Gasteiger partial charge in [0.1, 0.15) is 23.0 Å². The van der Waals surface area contributed by atoms with Gasteiger partial charge in [-0.15, -0.1) is 0 Å². The maximum atomic E-state index is 7.75. The number of rotatable bonds is 10. The quantitative estimate of drug-likeness (QED) is 0.129. The molecule has 0 aromatic heterocycles. The molecule has 0 bridgehead atoms. The van der Waals surface area contributed by atoms with E-state index >= 15 is 0 Å². The van der Waals surface area contributed by atoms with E-state index in [1.807, 2.05) is 0 Å². The second-order valence-electron chi connectivity index (χ2n) is 18.6. The van der Waals surface area contributed by atoms with Gasteiger partial charge < -0.3 is 14.2 Å². The average Bonchev–Trinajstić information content (AvgIpc) is 3.16. The second-order valence-corrected chi connectivity index (χ2v) is 22.9. The molecule has 6 aromatic rings. The third-order valence-corrected chi connectivity index (χ3v) is 15.8. The van der Waals surface area contributed by atoms with Crippen molar-refractivity contribution in [1.29, 1.82) is 0 Å². The Hall–Kier alpha value is -4.42. The van der Waals surface area contributed by atoms with Crippen molar-refractivity contribution in [2.75, 3.05) is 0 Å². The molecule has 5 heteroatoms. The maximum Gasteiger partial charge on any atom is 0.139 e. The normalized spacial score (nSPS) is 14.7. The first-order valence-electron chi connectivity index (χ1n) is 20.7. The van der Waals surface area contributed by atoms with Crippen LogP contribution >= 0.6 is 15.8 Å². The number of fused-ring (bicyclic) bond motifs is 2. The molecule has 1 aliphatic rings. The second kappa shape index (κ2) is 16.3. The molecular formula is C53H60O3P2. The minimum Gasteiger partial charge on any atom is -0.490 e. The van der Waals surface area contributed by atoms with Gasteiger partial charge in [-0.2, -0.15) is 0 Å². The van der Waals surface area contributed by atoms with Gasteiger partial charge in [-0.3, -0.25) is 0 Å². The van der Waals surface area contributed by atoms with Gasteiger partial charge in [0, 0.05) is 37.8 Å². The summed E-state index contributed by atoms with van der Waals surface area (Å²) < 4.78 is 21.0. The highest BCUT2D eigenvalue weighted by molar-refractivity contribution is 7.80. The van der Waals surface area contributed by atoms with E-state index in [0.717, 1.165) is 23.0 Å². The van der Waals surface area contributed by atoms with Crippen LogP contribution < -0.4 is 46.0 Å². The number of benzene rings is 6. The molecule has 7 rings (SSSR count). The summed E-state index contributed by atoms with van der Waals surface area (Å²) in [6, 6.07) is 49.0. The number of ether oxygens (including phenoxy) is 3. The lowest BCUT2D eigenvalue weighted by Gasteiger charge is -2.41. The molecule has 0 saturated heterocycles. The smallest absolute Gasteiger partial charge is 0.139 e. The average molecular weight is 807 g/mol. The SMILES string of the molecule is CC(C)Oc1ccccc1[P@](c1ccccc1)c1cc(C(C)(C)C)cc2c1Oc1c([P@@](c3ccccc3)c3ccccc3OC(C)C)cc(C(C)(C)C)cc1C2(C)C. The van der Waals surface area contributed by atoms with Crippen LogP contribution in [0.4, 0.5) is 0 Å². The van der Waals surface area contributed by atoms with Crippen molar-refractivity contribution >= 4 is 47.7 Å².